The van der Waals surface area contributed by atoms with Gasteiger partial charge >= 0.3 is 6.03 Å². The number of nitrogens with two attached hydrogens (primary N) is 1. The van der Waals surface area contributed by atoms with Gasteiger partial charge in [-0.15, -0.1) is 0 Å². The Morgan fingerprint density at radius 3 is 2.58 bits per heavy atom. The second kappa shape index (κ2) is 7.20. The van der Waals surface area contributed by atoms with Crippen molar-refractivity contribution in [2.24, 2.45) is 5.73 Å². The van der Waals surface area contributed by atoms with Crippen LogP contribution in [0.25, 0.3) is 0 Å². The molecule has 0 saturated carbocycles. The summed E-state index contributed by atoms with van der Waals surface area (Å²) in [7, 11) is 0. The molecule has 0 radical (unpaired) electrons. The molecule has 1 heterocycles. The maximum Gasteiger partial charge on any atom is 0.312 e. The van der Waals surface area contributed by atoms with Crippen LogP contribution in [-0.4, -0.2) is 36.6 Å². The molecule has 3 amide bonds. The van der Waals surface area contributed by atoms with Gasteiger partial charge in [-0.1, -0.05) is 0 Å². The second-order valence-corrected chi connectivity index (χ2v) is 3.96. The molecule has 0 aliphatic rings. The standard InChI is InChI=1S/C12H19N5O2/c1-3-14-10-7-9(6-8(2)17-10)11(18)15-4-5-16-12(13)19/h6-7H,3-5H2,1-2H3,(H,14,17)(H,15,18)(H3,13,16,19). The fourth-order valence-corrected chi connectivity index (χ4v) is 1.54. The summed E-state index contributed by atoms with van der Waals surface area (Å²) in [5.74, 6) is 0.457. The predicted molar refractivity (Wildman–Crippen MR) is 73.1 cm³/mol. The Hall–Kier alpha value is -2.31. The van der Waals surface area contributed by atoms with Crippen LogP contribution in [0.15, 0.2) is 12.1 Å². The Morgan fingerprint density at radius 1 is 1.26 bits per heavy atom. The molecule has 7 nitrogen and oxygen atoms in total. The average Bonchev–Trinajstić information content (AvgIpc) is 2.34. The van der Waals surface area contributed by atoms with E-state index in [0.717, 1.165) is 12.2 Å². The molecule has 5 N–H and O–H groups in total. The summed E-state index contributed by atoms with van der Waals surface area (Å²) in [6.07, 6.45) is 0. The number of aromatic nitrogens is 1. The number of amides is 3. The van der Waals surface area contributed by atoms with Gasteiger partial charge in [-0.25, -0.2) is 9.78 Å². The highest BCUT2D eigenvalue weighted by Gasteiger charge is 2.07. The number of pyridine rings is 1. The molecule has 0 bridgehead atoms. The van der Waals surface area contributed by atoms with Crippen molar-refractivity contribution < 1.29 is 9.59 Å². The molecule has 19 heavy (non-hydrogen) atoms. The molecule has 0 unspecified atom stereocenters. The monoisotopic (exact) mass is 265 g/mol. The van der Waals surface area contributed by atoms with Gasteiger partial charge in [0.15, 0.2) is 0 Å². The first-order valence-electron chi connectivity index (χ1n) is 6.07. The molecule has 0 aliphatic heterocycles. The zero-order valence-electron chi connectivity index (χ0n) is 11.1. The van der Waals surface area contributed by atoms with E-state index in [2.05, 4.69) is 20.9 Å². The van der Waals surface area contributed by atoms with Crippen LogP contribution < -0.4 is 21.7 Å². The fourth-order valence-electron chi connectivity index (χ4n) is 1.54. The topological polar surface area (TPSA) is 109 Å². The van der Waals surface area contributed by atoms with Crippen molar-refractivity contribution in [1.82, 2.24) is 15.6 Å². The van der Waals surface area contributed by atoms with Crippen molar-refractivity contribution in [3.8, 4) is 0 Å². The molecule has 0 fully saturated rings. The van der Waals surface area contributed by atoms with E-state index in [1.165, 1.54) is 0 Å². The van der Waals surface area contributed by atoms with Crippen molar-refractivity contribution >= 4 is 17.8 Å². The Morgan fingerprint density at radius 2 is 1.95 bits per heavy atom. The predicted octanol–water partition coefficient (Wildman–Crippen LogP) is 0.220. The van der Waals surface area contributed by atoms with Crippen molar-refractivity contribution in [2.75, 3.05) is 25.0 Å². The maximum atomic E-state index is 11.9. The number of carbonyl (C=O) groups is 2. The number of nitrogens with zero attached hydrogens (tertiary/aromatic N) is 1. The summed E-state index contributed by atoms with van der Waals surface area (Å²) in [6.45, 7) is 5.14. The van der Waals surface area contributed by atoms with Gasteiger partial charge < -0.3 is 21.7 Å². The number of urea groups is 1. The smallest absolute Gasteiger partial charge is 0.312 e. The quantitative estimate of drug-likeness (QED) is 0.551. The van der Waals surface area contributed by atoms with Crippen LogP contribution in [0.4, 0.5) is 10.6 Å². The number of anilines is 1. The molecule has 1 aromatic heterocycles. The molecular formula is C12H19N5O2. The van der Waals surface area contributed by atoms with Gasteiger partial charge in [-0.3, -0.25) is 4.79 Å². The fraction of sp³-hybridized carbons (Fsp3) is 0.417. The number of aryl methyl sites for hydroxylation is 1. The summed E-state index contributed by atoms with van der Waals surface area (Å²) in [5, 5.41) is 8.14. The van der Waals surface area contributed by atoms with Crippen molar-refractivity contribution in [1.29, 1.82) is 0 Å². The van der Waals surface area contributed by atoms with Crippen LogP contribution in [0.5, 0.6) is 0 Å². The van der Waals surface area contributed by atoms with Crippen molar-refractivity contribution in [2.45, 2.75) is 13.8 Å². The molecule has 0 atom stereocenters. The van der Waals surface area contributed by atoms with Crippen molar-refractivity contribution in [3.63, 3.8) is 0 Å². The molecule has 7 heteroatoms. The van der Waals surface area contributed by atoms with Crippen LogP contribution in [0.1, 0.15) is 23.0 Å². The van der Waals surface area contributed by atoms with E-state index in [-0.39, 0.29) is 5.91 Å². The minimum Gasteiger partial charge on any atom is -0.370 e. The molecule has 0 aliphatic carbocycles. The van der Waals surface area contributed by atoms with E-state index in [9.17, 15) is 9.59 Å². The summed E-state index contributed by atoms with van der Waals surface area (Å²) in [4.78, 5) is 26.6. The first-order valence-corrected chi connectivity index (χ1v) is 6.07. The van der Waals surface area contributed by atoms with Gasteiger partial charge in [0.1, 0.15) is 5.82 Å². The Balaban J connectivity index is 2.58. The lowest BCUT2D eigenvalue weighted by molar-refractivity contribution is 0.0953. The van der Waals surface area contributed by atoms with Crippen LogP contribution in [0.2, 0.25) is 0 Å². The Bertz CT molecular complexity index is 461. The molecule has 0 aromatic carbocycles. The second-order valence-electron chi connectivity index (χ2n) is 3.96. The van der Waals surface area contributed by atoms with Crippen LogP contribution in [-0.2, 0) is 0 Å². The lowest BCUT2D eigenvalue weighted by Crippen LogP contribution is -2.37. The minimum atomic E-state index is -0.608. The third-order valence-corrected chi connectivity index (χ3v) is 2.28. The van der Waals surface area contributed by atoms with Gasteiger partial charge in [-0.05, 0) is 26.0 Å². The van der Waals surface area contributed by atoms with Crippen molar-refractivity contribution in [3.05, 3.63) is 23.4 Å². The number of hydrogen-bond donors (Lipinski definition) is 4. The van der Waals surface area contributed by atoms with Crippen LogP contribution in [0, 0.1) is 6.92 Å². The Labute approximate surface area is 112 Å². The lowest BCUT2D eigenvalue weighted by Gasteiger charge is -2.09. The zero-order chi connectivity index (χ0) is 14.3. The number of hydrogen-bond acceptors (Lipinski definition) is 4. The normalized spacial score (nSPS) is 9.79. The van der Waals surface area contributed by atoms with E-state index in [4.69, 9.17) is 5.73 Å². The third kappa shape index (κ3) is 5.24. The highest BCUT2D eigenvalue weighted by molar-refractivity contribution is 5.95. The Kier molecular flexibility index (Phi) is 5.59. The summed E-state index contributed by atoms with van der Waals surface area (Å²) < 4.78 is 0. The molecule has 1 rings (SSSR count). The van der Waals surface area contributed by atoms with E-state index in [1.807, 2.05) is 13.8 Å². The molecule has 0 saturated heterocycles. The maximum absolute atomic E-state index is 11.9. The summed E-state index contributed by atoms with van der Waals surface area (Å²) in [5.41, 5.74) is 6.21. The largest absolute Gasteiger partial charge is 0.370 e. The third-order valence-electron chi connectivity index (χ3n) is 2.28. The van der Waals surface area contributed by atoms with Gasteiger partial charge in [0.2, 0.25) is 0 Å². The highest BCUT2D eigenvalue weighted by Crippen LogP contribution is 2.09. The summed E-state index contributed by atoms with van der Waals surface area (Å²) in [6, 6.07) is 2.79. The molecular weight excluding hydrogens is 246 g/mol. The van der Waals surface area contributed by atoms with E-state index >= 15 is 0 Å². The first-order chi connectivity index (χ1) is 9.02. The lowest BCUT2D eigenvalue weighted by atomic mass is 10.2. The van der Waals surface area contributed by atoms with E-state index < -0.39 is 6.03 Å². The first kappa shape index (κ1) is 14.7. The highest BCUT2D eigenvalue weighted by atomic mass is 16.2. The summed E-state index contributed by atoms with van der Waals surface area (Å²) >= 11 is 0. The molecule has 0 spiro atoms. The van der Waals surface area contributed by atoms with Gasteiger partial charge in [-0.2, -0.15) is 0 Å². The van der Waals surface area contributed by atoms with Crippen LogP contribution in [0.3, 0.4) is 0 Å². The number of nitrogens with one attached hydrogen (secondary N) is 3. The molecule has 1 aromatic rings. The number of carbonyl (C=O) groups excluding carboxylic acids is 2. The van der Waals surface area contributed by atoms with Gasteiger partial charge in [0, 0.05) is 30.9 Å². The SMILES string of the molecule is CCNc1cc(C(=O)NCCNC(N)=O)cc(C)n1. The van der Waals surface area contributed by atoms with E-state index in [0.29, 0.717) is 24.5 Å². The zero-order valence-corrected chi connectivity index (χ0v) is 11.1. The van der Waals surface area contributed by atoms with Gasteiger partial charge in [0.05, 0.1) is 0 Å². The van der Waals surface area contributed by atoms with Crippen LogP contribution >= 0.6 is 0 Å². The van der Waals surface area contributed by atoms with Gasteiger partial charge in [0.25, 0.3) is 5.91 Å². The average molecular weight is 265 g/mol. The minimum absolute atomic E-state index is 0.212. The number of primary amides is 1. The van der Waals surface area contributed by atoms with E-state index in [1.54, 1.807) is 12.1 Å². The number of rotatable bonds is 6. The molecule has 104 valence electrons.